The molecule has 2 aliphatic rings. The number of benzene rings is 1. The molecule has 1 N–H and O–H groups in total. The van der Waals surface area contributed by atoms with Gasteiger partial charge < -0.3 is 5.11 Å². The lowest BCUT2D eigenvalue weighted by atomic mass is 9.75. The van der Waals surface area contributed by atoms with Crippen LogP contribution >= 0.6 is 0 Å². The first-order valence-electron chi connectivity index (χ1n) is 6.03. The van der Waals surface area contributed by atoms with Crippen molar-refractivity contribution in [3.05, 3.63) is 28.8 Å². The van der Waals surface area contributed by atoms with Gasteiger partial charge >= 0.3 is 0 Å². The van der Waals surface area contributed by atoms with Gasteiger partial charge in [-0.05, 0) is 48.1 Å². The lowest BCUT2D eigenvalue weighted by Gasteiger charge is -2.30. The average Bonchev–Trinajstić information content (AvgIpc) is 2.98. The van der Waals surface area contributed by atoms with Crippen molar-refractivity contribution in [3.63, 3.8) is 0 Å². The molecule has 0 aliphatic heterocycles. The van der Waals surface area contributed by atoms with Crippen LogP contribution in [0.15, 0.2) is 12.1 Å². The molecule has 1 saturated carbocycles. The number of phenols is 1. The molecule has 0 bridgehead atoms. The second kappa shape index (κ2) is 3.01. The third kappa shape index (κ3) is 1.29. The monoisotopic (exact) mass is 202 g/mol. The van der Waals surface area contributed by atoms with Crippen LogP contribution in [0.2, 0.25) is 0 Å². The van der Waals surface area contributed by atoms with E-state index in [1.54, 1.807) is 0 Å². The Bertz CT molecular complexity index is 404. The summed E-state index contributed by atoms with van der Waals surface area (Å²) in [6, 6.07) is 4.35. The van der Waals surface area contributed by atoms with E-state index in [1.807, 2.05) is 0 Å². The Hall–Kier alpha value is -0.980. The van der Waals surface area contributed by atoms with Gasteiger partial charge in [0.2, 0.25) is 0 Å². The Balaban J connectivity index is 2.01. The average molecular weight is 202 g/mol. The second-order valence-corrected chi connectivity index (χ2v) is 5.31. The molecule has 0 unspecified atom stereocenters. The van der Waals surface area contributed by atoms with Gasteiger partial charge in [-0.25, -0.2) is 0 Å². The summed E-state index contributed by atoms with van der Waals surface area (Å²) in [6.07, 6.45) is 3.82. The van der Waals surface area contributed by atoms with Gasteiger partial charge in [0.15, 0.2) is 0 Å². The SMILES string of the molecule is C[C@H]1Cc2ccc([C@H](C)C3CC3)c(O)c21. The molecule has 80 valence electrons. The molecule has 0 radical (unpaired) electrons. The number of aromatic hydroxyl groups is 1. The van der Waals surface area contributed by atoms with E-state index in [1.165, 1.54) is 29.5 Å². The van der Waals surface area contributed by atoms with E-state index in [9.17, 15) is 5.11 Å². The van der Waals surface area contributed by atoms with Crippen LogP contribution < -0.4 is 0 Å². The fourth-order valence-corrected chi connectivity index (χ4v) is 2.91. The fraction of sp³-hybridized carbons (Fsp3) is 0.571. The summed E-state index contributed by atoms with van der Waals surface area (Å²) in [5.41, 5.74) is 3.76. The topological polar surface area (TPSA) is 20.2 Å². The lowest BCUT2D eigenvalue weighted by Crippen LogP contribution is -2.15. The smallest absolute Gasteiger partial charge is 0.122 e. The third-order valence-electron chi connectivity index (χ3n) is 4.18. The number of fused-ring (bicyclic) bond motifs is 1. The van der Waals surface area contributed by atoms with E-state index in [0.717, 1.165) is 12.3 Å². The molecule has 15 heavy (non-hydrogen) atoms. The van der Waals surface area contributed by atoms with Crippen molar-refractivity contribution >= 4 is 0 Å². The van der Waals surface area contributed by atoms with Crippen molar-refractivity contribution in [1.29, 1.82) is 0 Å². The summed E-state index contributed by atoms with van der Waals surface area (Å²) in [5, 5.41) is 10.2. The van der Waals surface area contributed by atoms with Crippen LogP contribution in [0.25, 0.3) is 0 Å². The summed E-state index contributed by atoms with van der Waals surface area (Å²) in [6.45, 7) is 4.45. The van der Waals surface area contributed by atoms with Gasteiger partial charge in [-0.1, -0.05) is 26.0 Å². The van der Waals surface area contributed by atoms with Crippen LogP contribution in [0.5, 0.6) is 5.75 Å². The molecule has 0 heterocycles. The maximum atomic E-state index is 10.2. The first-order chi connectivity index (χ1) is 7.18. The minimum absolute atomic E-state index is 0.545. The summed E-state index contributed by atoms with van der Waals surface area (Å²) in [4.78, 5) is 0. The maximum absolute atomic E-state index is 10.2. The first kappa shape index (κ1) is 9.26. The van der Waals surface area contributed by atoms with Crippen molar-refractivity contribution in [3.8, 4) is 5.75 Å². The first-order valence-corrected chi connectivity index (χ1v) is 6.03. The van der Waals surface area contributed by atoms with E-state index in [2.05, 4.69) is 26.0 Å². The minimum atomic E-state index is 0.545. The summed E-state index contributed by atoms with van der Waals surface area (Å²) < 4.78 is 0. The van der Waals surface area contributed by atoms with Gasteiger partial charge in [-0.15, -0.1) is 0 Å². The molecule has 2 aliphatic carbocycles. The molecule has 2 atom stereocenters. The Morgan fingerprint density at radius 1 is 1.33 bits per heavy atom. The van der Waals surface area contributed by atoms with Crippen LogP contribution in [0.4, 0.5) is 0 Å². The van der Waals surface area contributed by atoms with Crippen molar-refractivity contribution in [2.24, 2.45) is 5.92 Å². The highest BCUT2D eigenvalue weighted by Gasteiger charge is 2.33. The summed E-state index contributed by atoms with van der Waals surface area (Å²) >= 11 is 0. The molecule has 1 nitrogen and oxygen atoms in total. The van der Waals surface area contributed by atoms with Crippen LogP contribution in [0, 0.1) is 5.92 Å². The maximum Gasteiger partial charge on any atom is 0.122 e. The van der Waals surface area contributed by atoms with Gasteiger partial charge in [-0.3, -0.25) is 0 Å². The van der Waals surface area contributed by atoms with Crippen LogP contribution in [0.3, 0.4) is 0 Å². The van der Waals surface area contributed by atoms with Crippen molar-refractivity contribution < 1.29 is 5.11 Å². The molecule has 1 heteroatoms. The normalized spacial score (nSPS) is 25.6. The van der Waals surface area contributed by atoms with Gasteiger partial charge in [0.1, 0.15) is 5.75 Å². The van der Waals surface area contributed by atoms with Crippen molar-refractivity contribution in [2.45, 2.75) is 44.9 Å². The van der Waals surface area contributed by atoms with E-state index in [4.69, 9.17) is 0 Å². The minimum Gasteiger partial charge on any atom is -0.507 e. The van der Waals surface area contributed by atoms with E-state index < -0.39 is 0 Å². The number of phenolic OH excluding ortho intramolecular Hbond substituents is 1. The Labute approximate surface area is 91.1 Å². The lowest BCUT2D eigenvalue weighted by molar-refractivity contribution is 0.436. The second-order valence-electron chi connectivity index (χ2n) is 5.31. The van der Waals surface area contributed by atoms with Gasteiger partial charge in [0, 0.05) is 5.56 Å². The highest BCUT2D eigenvalue weighted by Crippen LogP contribution is 2.49. The van der Waals surface area contributed by atoms with Gasteiger partial charge in [-0.2, -0.15) is 0 Å². The zero-order valence-corrected chi connectivity index (χ0v) is 9.46. The zero-order valence-electron chi connectivity index (χ0n) is 9.46. The molecule has 0 spiro atoms. The zero-order chi connectivity index (χ0) is 10.6. The number of hydrogen-bond donors (Lipinski definition) is 1. The number of rotatable bonds is 2. The van der Waals surface area contributed by atoms with E-state index in [0.29, 0.717) is 17.6 Å². The molecule has 1 aromatic carbocycles. The predicted octanol–water partition coefficient (Wildman–Crippen LogP) is 3.57. The molecule has 0 aromatic heterocycles. The Morgan fingerprint density at radius 3 is 2.67 bits per heavy atom. The molecule has 3 rings (SSSR count). The molecular formula is C14H18O. The fourth-order valence-electron chi connectivity index (χ4n) is 2.91. The van der Waals surface area contributed by atoms with E-state index >= 15 is 0 Å². The van der Waals surface area contributed by atoms with Crippen LogP contribution in [0.1, 0.15) is 55.2 Å². The quantitative estimate of drug-likeness (QED) is 0.777. The van der Waals surface area contributed by atoms with Gasteiger partial charge in [0.25, 0.3) is 0 Å². The summed E-state index contributed by atoms with van der Waals surface area (Å²) in [5.74, 6) is 2.53. The standard InChI is InChI=1S/C14H18O/c1-8-7-11-5-6-12(14(15)13(8)11)9(2)10-3-4-10/h5-6,8-10,15H,3-4,7H2,1-2H3/t8-,9+/m0/s1. The third-order valence-corrected chi connectivity index (χ3v) is 4.18. The van der Waals surface area contributed by atoms with Crippen LogP contribution in [-0.2, 0) is 6.42 Å². The molecular weight excluding hydrogens is 184 g/mol. The van der Waals surface area contributed by atoms with Crippen molar-refractivity contribution in [1.82, 2.24) is 0 Å². The van der Waals surface area contributed by atoms with Crippen LogP contribution in [-0.4, -0.2) is 5.11 Å². The number of hydrogen-bond acceptors (Lipinski definition) is 1. The molecule has 1 aromatic rings. The van der Waals surface area contributed by atoms with Crippen molar-refractivity contribution in [2.75, 3.05) is 0 Å². The largest absolute Gasteiger partial charge is 0.507 e. The molecule has 0 amide bonds. The molecule has 0 saturated heterocycles. The Morgan fingerprint density at radius 2 is 2.07 bits per heavy atom. The van der Waals surface area contributed by atoms with E-state index in [-0.39, 0.29) is 0 Å². The highest BCUT2D eigenvalue weighted by atomic mass is 16.3. The van der Waals surface area contributed by atoms with Gasteiger partial charge in [0.05, 0.1) is 0 Å². The predicted molar refractivity (Wildman–Crippen MR) is 61.4 cm³/mol. The Kier molecular flexibility index (Phi) is 1.86. The highest BCUT2D eigenvalue weighted by molar-refractivity contribution is 5.54. The molecule has 1 fully saturated rings. The summed E-state index contributed by atoms with van der Waals surface area (Å²) in [7, 11) is 0.